The number of hydrogen-bond donors (Lipinski definition) is 3. The van der Waals surface area contributed by atoms with Gasteiger partial charge in [-0.1, -0.05) is 280 Å². The van der Waals surface area contributed by atoms with E-state index in [0.29, 0.717) is 32.1 Å². The first-order valence-electron chi connectivity index (χ1n) is 38.8. The maximum atomic E-state index is 13.1. The minimum Gasteiger partial charge on any atom is -0.462 e. The molecule has 17 nitrogen and oxygen atoms in total. The number of phosphoric acid groups is 2. The number of carbonyl (C=O) groups is 4. The summed E-state index contributed by atoms with van der Waals surface area (Å²) in [7, 11) is -9.96. The summed E-state index contributed by atoms with van der Waals surface area (Å²) >= 11 is 0. The SMILES string of the molecule is CCCCC/C=C\C/C=C\C/C=C\C/C=C\CCCC(=O)OC[C@H](COP(=O)(O)OC[C@@H](O)COP(=O)(O)OC[C@@H](COC(=O)CCCCCCC/C=C\C=C/CCCCCC)OC(=O)CCCCCCCCCCCCCCC)OC(=O)CCCCCCC/C=C\CCCCCC. The van der Waals surface area contributed by atoms with Gasteiger partial charge in [-0.05, 0) is 116 Å². The van der Waals surface area contributed by atoms with Gasteiger partial charge in [-0.3, -0.25) is 37.3 Å². The molecule has 0 radical (unpaired) electrons. The van der Waals surface area contributed by atoms with Gasteiger partial charge in [0.2, 0.25) is 0 Å². The summed E-state index contributed by atoms with van der Waals surface area (Å²) in [6.45, 7) is 4.75. The monoisotopic (exact) mass is 1420 g/mol. The summed E-state index contributed by atoms with van der Waals surface area (Å²) < 4.78 is 68.4. The molecule has 0 aliphatic rings. The molecular weight excluding hydrogens is 1280 g/mol. The number of phosphoric ester groups is 2. The van der Waals surface area contributed by atoms with Crippen LogP contribution in [-0.4, -0.2) is 96.7 Å². The van der Waals surface area contributed by atoms with Crippen LogP contribution in [-0.2, 0) is 65.4 Å². The molecule has 568 valence electrons. The third kappa shape index (κ3) is 70.7. The lowest BCUT2D eigenvalue weighted by atomic mass is 10.0. The van der Waals surface area contributed by atoms with Crippen molar-refractivity contribution >= 4 is 39.5 Å². The normalized spacial score (nSPS) is 14.4. The van der Waals surface area contributed by atoms with Gasteiger partial charge in [0.1, 0.15) is 19.3 Å². The van der Waals surface area contributed by atoms with Gasteiger partial charge in [0, 0.05) is 25.7 Å². The minimum absolute atomic E-state index is 0.0744. The fourth-order valence-electron chi connectivity index (χ4n) is 10.4. The van der Waals surface area contributed by atoms with Crippen molar-refractivity contribution in [2.45, 2.75) is 354 Å². The first-order chi connectivity index (χ1) is 47.7. The number of allylic oxidation sites excluding steroid dienone is 14. The fraction of sp³-hybridized carbons (Fsp3) is 0.772. The van der Waals surface area contributed by atoms with Crippen molar-refractivity contribution in [1.29, 1.82) is 0 Å². The Bertz CT molecular complexity index is 2190. The van der Waals surface area contributed by atoms with E-state index in [2.05, 4.69) is 101 Å². The van der Waals surface area contributed by atoms with E-state index in [0.717, 1.165) is 128 Å². The van der Waals surface area contributed by atoms with Gasteiger partial charge in [0.25, 0.3) is 0 Å². The zero-order valence-electron chi connectivity index (χ0n) is 62.0. The molecular formula is C79H140O17P2. The molecule has 0 fully saturated rings. The Kier molecular flexibility index (Phi) is 68.9. The Morgan fingerprint density at radius 1 is 0.296 bits per heavy atom. The van der Waals surface area contributed by atoms with E-state index in [1.54, 1.807) is 0 Å². The Morgan fingerprint density at radius 3 is 0.908 bits per heavy atom. The second-order valence-corrected chi connectivity index (χ2v) is 28.9. The molecule has 0 aromatic rings. The molecule has 0 aliphatic heterocycles. The lowest BCUT2D eigenvalue weighted by Gasteiger charge is -2.21. The van der Waals surface area contributed by atoms with Crippen molar-refractivity contribution < 1.29 is 80.2 Å². The van der Waals surface area contributed by atoms with E-state index in [4.69, 9.17) is 37.0 Å². The van der Waals surface area contributed by atoms with Crippen molar-refractivity contribution in [2.75, 3.05) is 39.6 Å². The van der Waals surface area contributed by atoms with Crippen LogP contribution < -0.4 is 0 Å². The molecule has 0 aromatic heterocycles. The van der Waals surface area contributed by atoms with Crippen LogP contribution in [0.15, 0.2) is 85.1 Å². The zero-order valence-corrected chi connectivity index (χ0v) is 63.7. The molecule has 0 amide bonds. The predicted molar refractivity (Wildman–Crippen MR) is 399 cm³/mol. The number of ether oxygens (including phenoxy) is 4. The first kappa shape index (κ1) is 94.2. The molecule has 5 atom stereocenters. The smallest absolute Gasteiger partial charge is 0.462 e. The summed E-state index contributed by atoms with van der Waals surface area (Å²) in [5.41, 5.74) is 0. The molecule has 0 saturated carbocycles. The third-order valence-electron chi connectivity index (χ3n) is 16.4. The topological polar surface area (TPSA) is 237 Å². The Morgan fingerprint density at radius 2 is 0.541 bits per heavy atom. The van der Waals surface area contributed by atoms with Crippen LogP contribution in [0.1, 0.15) is 336 Å². The van der Waals surface area contributed by atoms with E-state index in [1.807, 2.05) is 12.2 Å². The minimum atomic E-state index is -4.98. The molecule has 0 spiro atoms. The molecule has 0 bridgehead atoms. The molecule has 0 saturated heterocycles. The Labute approximate surface area is 595 Å². The summed E-state index contributed by atoms with van der Waals surface area (Å²) in [5, 5.41) is 10.6. The number of rotatable bonds is 73. The molecule has 0 aromatic carbocycles. The number of unbranched alkanes of at least 4 members (excludes halogenated alkanes) is 34. The van der Waals surface area contributed by atoms with Crippen LogP contribution in [0.5, 0.6) is 0 Å². The van der Waals surface area contributed by atoms with E-state index < -0.39 is 97.5 Å². The third-order valence-corrected chi connectivity index (χ3v) is 18.3. The number of aliphatic hydroxyl groups is 1. The number of aliphatic hydroxyl groups excluding tert-OH is 1. The average Bonchev–Trinajstić information content (AvgIpc) is 0.969. The van der Waals surface area contributed by atoms with Crippen molar-refractivity contribution in [3.63, 3.8) is 0 Å². The number of carbonyl (C=O) groups excluding carboxylic acids is 4. The molecule has 0 rings (SSSR count). The number of hydrogen-bond acceptors (Lipinski definition) is 15. The van der Waals surface area contributed by atoms with Crippen molar-refractivity contribution in [3.8, 4) is 0 Å². The summed E-state index contributed by atoms with van der Waals surface area (Å²) in [6.07, 6.45) is 72.9. The highest BCUT2D eigenvalue weighted by molar-refractivity contribution is 7.47. The zero-order chi connectivity index (χ0) is 71.8. The molecule has 0 heterocycles. The van der Waals surface area contributed by atoms with Gasteiger partial charge >= 0.3 is 39.5 Å². The van der Waals surface area contributed by atoms with Crippen LogP contribution in [0.25, 0.3) is 0 Å². The van der Waals surface area contributed by atoms with E-state index in [1.165, 1.54) is 122 Å². The molecule has 3 N–H and O–H groups in total. The standard InChI is InChI=1S/C79H140O17P2/c1-5-9-13-17-21-25-29-33-35-36-38-42-44-48-52-56-60-64-77(82)90-70-75(96-79(84)66-62-58-54-50-46-40-32-28-24-20-16-12-8-4)72-94-98(87,88)92-68-73(80)67-91-97(85,86)93-71-74(95-78(83)65-61-57-53-49-45-39-31-27-23-19-15-11-7-3)69-89-76(81)63-59-55-51-47-43-41-37-34-30-26-22-18-14-10-6-2/h21,25-26,28,30,32-35,37-38,42,48,52,73-75,80H,5-20,22-24,27,29,31,36,39-41,43-47,49-51,53-72H2,1-4H3,(H,85,86)(H,87,88)/b25-21-,30-26-,32-28-,35-33-,37-34-,42-38-,52-48-/t73-,74+,75+/m0/s1. The van der Waals surface area contributed by atoms with Crippen molar-refractivity contribution in [3.05, 3.63) is 85.1 Å². The van der Waals surface area contributed by atoms with Crippen LogP contribution in [0.4, 0.5) is 0 Å². The van der Waals surface area contributed by atoms with Gasteiger partial charge in [-0.2, -0.15) is 0 Å². The van der Waals surface area contributed by atoms with Crippen molar-refractivity contribution in [1.82, 2.24) is 0 Å². The highest BCUT2D eigenvalue weighted by Crippen LogP contribution is 2.45. The Balaban J connectivity index is 5.38. The first-order valence-corrected chi connectivity index (χ1v) is 41.8. The summed E-state index contributed by atoms with van der Waals surface area (Å²) in [5.74, 6) is -2.25. The highest BCUT2D eigenvalue weighted by atomic mass is 31.2. The van der Waals surface area contributed by atoms with Gasteiger partial charge < -0.3 is 33.8 Å². The fourth-order valence-corrected chi connectivity index (χ4v) is 12.0. The second kappa shape index (κ2) is 71.6. The lowest BCUT2D eigenvalue weighted by molar-refractivity contribution is -0.161. The average molecular weight is 1420 g/mol. The van der Waals surface area contributed by atoms with Gasteiger partial charge in [0.15, 0.2) is 12.2 Å². The highest BCUT2D eigenvalue weighted by Gasteiger charge is 2.30. The van der Waals surface area contributed by atoms with E-state index in [9.17, 15) is 43.2 Å². The van der Waals surface area contributed by atoms with Crippen LogP contribution in [0, 0.1) is 0 Å². The molecule has 98 heavy (non-hydrogen) atoms. The second-order valence-electron chi connectivity index (χ2n) is 26.0. The van der Waals surface area contributed by atoms with Gasteiger partial charge in [-0.25, -0.2) is 9.13 Å². The lowest BCUT2D eigenvalue weighted by Crippen LogP contribution is -2.30. The molecule has 0 aliphatic carbocycles. The van der Waals surface area contributed by atoms with Crippen LogP contribution in [0.2, 0.25) is 0 Å². The maximum Gasteiger partial charge on any atom is 0.472 e. The summed E-state index contributed by atoms with van der Waals surface area (Å²) in [6, 6.07) is 0. The largest absolute Gasteiger partial charge is 0.472 e. The number of esters is 4. The van der Waals surface area contributed by atoms with Gasteiger partial charge in [-0.15, -0.1) is 0 Å². The van der Waals surface area contributed by atoms with Crippen LogP contribution in [0.3, 0.4) is 0 Å². The van der Waals surface area contributed by atoms with E-state index in [-0.39, 0.29) is 25.7 Å². The summed E-state index contributed by atoms with van der Waals surface area (Å²) in [4.78, 5) is 72.8. The van der Waals surface area contributed by atoms with Gasteiger partial charge in [0.05, 0.1) is 26.4 Å². The van der Waals surface area contributed by atoms with E-state index >= 15 is 0 Å². The molecule has 2 unspecified atom stereocenters. The maximum absolute atomic E-state index is 13.1. The quantitative estimate of drug-likeness (QED) is 0.0128. The molecule has 19 heteroatoms. The Hall–Kier alpha value is -3.76. The van der Waals surface area contributed by atoms with Crippen LogP contribution >= 0.6 is 15.6 Å². The predicted octanol–water partition coefficient (Wildman–Crippen LogP) is 22.2. The van der Waals surface area contributed by atoms with Crippen molar-refractivity contribution in [2.24, 2.45) is 0 Å².